The zero-order valence-corrected chi connectivity index (χ0v) is 24.7. The number of nitrogens with zero attached hydrogens (tertiary/aromatic N) is 3. The number of para-hydroxylation sites is 2. The lowest BCUT2D eigenvalue weighted by Gasteiger charge is -2.30. The van der Waals surface area contributed by atoms with E-state index in [9.17, 15) is 24.5 Å². The Morgan fingerprint density at radius 1 is 1.05 bits per heavy atom. The first-order chi connectivity index (χ1) is 21.3. The number of nitrogens with one attached hydrogen (secondary N) is 1. The summed E-state index contributed by atoms with van der Waals surface area (Å²) in [5.41, 5.74) is 2.78. The molecule has 0 aliphatic carbocycles. The van der Waals surface area contributed by atoms with Crippen LogP contribution >= 0.6 is 11.8 Å². The van der Waals surface area contributed by atoms with Gasteiger partial charge in [-0.3, -0.25) is 29.4 Å². The van der Waals surface area contributed by atoms with Crippen molar-refractivity contribution in [3.8, 4) is 11.5 Å². The van der Waals surface area contributed by atoms with Crippen LogP contribution in [-0.2, 0) is 20.9 Å². The number of nitro benzene ring substituents is 1. The summed E-state index contributed by atoms with van der Waals surface area (Å²) in [5, 5.41) is 13.2. The highest BCUT2D eigenvalue weighted by atomic mass is 32.2. The number of amides is 3. The number of morpholine rings is 1. The second kappa shape index (κ2) is 14.1. The number of ether oxygens (including phenoxy) is 3. The van der Waals surface area contributed by atoms with Crippen LogP contribution in [0, 0.1) is 10.1 Å². The molecule has 5 rings (SSSR count). The normalized spacial score (nSPS) is 15.9. The predicted molar refractivity (Wildman–Crippen MR) is 166 cm³/mol. The number of carbonyl (C=O) groups is 3. The van der Waals surface area contributed by atoms with Crippen LogP contribution in [-0.4, -0.2) is 66.3 Å². The minimum absolute atomic E-state index is 0.00717. The van der Waals surface area contributed by atoms with Gasteiger partial charge in [-0.05, 0) is 72.3 Å². The third-order valence-corrected chi connectivity index (χ3v) is 7.72. The lowest BCUT2D eigenvalue weighted by Crippen LogP contribution is -2.38. The SMILES string of the molecule is CCOc1cc(/C=C2/SC(=O)N(CC(=O)Nc3ccccc3N3CCOCC3)C2=O)ccc1OCc1ccc([N+](=O)[O-])cc1. The van der Waals surface area contributed by atoms with Gasteiger partial charge in [-0.15, -0.1) is 0 Å². The van der Waals surface area contributed by atoms with Gasteiger partial charge in [0.2, 0.25) is 5.91 Å². The molecule has 2 fully saturated rings. The van der Waals surface area contributed by atoms with Crippen molar-refractivity contribution < 1.29 is 33.5 Å². The molecule has 2 aliphatic heterocycles. The van der Waals surface area contributed by atoms with Crippen molar-refractivity contribution >= 4 is 52.0 Å². The first kappa shape index (κ1) is 30.6. The highest BCUT2D eigenvalue weighted by Gasteiger charge is 2.36. The number of hydrogen-bond acceptors (Lipinski definition) is 10. The second-order valence-electron chi connectivity index (χ2n) is 9.78. The van der Waals surface area contributed by atoms with E-state index in [2.05, 4.69) is 10.2 Å². The Labute approximate surface area is 257 Å². The molecule has 2 saturated heterocycles. The lowest BCUT2D eigenvalue weighted by molar-refractivity contribution is -0.384. The van der Waals surface area contributed by atoms with Crippen LogP contribution < -0.4 is 19.7 Å². The smallest absolute Gasteiger partial charge is 0.294 e. The summed E-state index contributed by atoms with van der Waals surface area (Å²) >= 11 is 0.761. The molecule has 0 saturated carbocycles. The number of hydrogen-bond donors (Lipinski definition) is 1. The Balaban J connectivity index is 1.24. The van der Waals surface area contributed by atoms with E-state index in [0.717, 1.165) is 27.9 Å². The van der Waals surface area contributed by atoms with Crippen LogP contribution in [0.2, 0.25) is 0 Å². The van der Waals surface area contributed by atoms with Crippen LogP contribution in [0.5, 0.6) is 11.5 Å². The molecule has 0 aromatic heterocycles. The molecule has 1 N–H and O–H groups in total. The van der Waals surface area contributed by atoms with Gasteiger partial charge in [0.15, 0.2) is 11.5 Å². The lowest BCUT2D eigenvalue weighted by atomic mass is 10.1. The summed E-state index contributed by atoms with van der Waals surface area (Å²) in [6, 6.07) is 18.5. The first-order valence-corrected chi connectivity index (χ1v) is 14.7. The maximum absolute atomic E-state index is 13.1. The number of nitro groups is 1. The van der Waals surface area contributed by atoms with Crippen molar-refractivity contribution in [3.05, 3.63) is 92.9 Å². The molecule has 3 amide bonds. The molecular weight excluding hydrogens is 588 g/mol. The van der Waals surface area contributed by atoms with E-state index in [4.69, 9.17) is 14.2 Å². The van der Waals surface area contributed by atoms with Crippen LogP contribution in [0.3, 0.4) is 0 Å². The fraction of sp³-hybridized carbons (Fsp3) is 0.258. The van der Waals surface area contributed by atoms with Crippen molar-refractivity contribution in [1.82, 2.24) is 4.90 Å². The third-order valence-electron chi connectivity index (χ3n) is 6.81. The Kier molecular flexibility index (Phi) is 9.77. The highest BCUT2D eigenvalue weighted by Crippen LogP contribution is 2.35. The fourth-order valence-corrected chi connectivity index (χ4v) is 5.50. The molecule has 2 aliphatic rings. The predicted octanol–water partition coefficient (Wildman–Crippen LogP) is 5.08. The topological polar surface area (TPSA) is 141 Å². The van der Waals surface area contributed by atoms with Crippen molar-refractivity contribution in [3.63, 3.8) is 0 Å². The molecule has 3 aromatic rings. The quantitative estimate of drug-likeness (QED) is 0.176. The maximum Gasteiger partial charge on any atom is 0.294 e. The Morgan fingerprint density at radius 2 is 1.80 bits per heavy atom. The van der Waals surface area contributed by atoms with Crippen molar-refractivity contribution in [2.24, 2.45) is 0 Å². The standard InChI is InChI=1S/C31H30N4O8S/c1-2-42-27-17-22(9-12-26(27)43-20-21-7-10-23(11-8-21)35(39)40)18-28-30(37)34(31(38)44-28)19-29(36)32-24-5-3-4-6-25(24)33-13-15-41-16-14-33/h3-12,17-18H,2,13-16,19-20H2,1H3,(H,32,36)/b28-18+. The Hall–Kier alpha value is -4.88. The number of carbonyl (C=O) groups excluding carboxylic acids is 3. The summed E-state index contributed by atoms with van der Waals surface area (Å²) in [6.07, 6.45) is 1.57. The van der Waals surface area contributed by atoms with Crippen LogP contribution in [0.25, 0.3) is 6.08 Å². The molecule has 0 unspecified atom stereocenters. The van der Waals surface area contributed by atoms with Crippen molar-refractivity contribution in [2.75, 3.05) is 49.7 Å². The molecule has 0 radical (unpaired) electrons. The Morgan fingerprint density at radius 3 is 2.52 bits per heavy atom. The largest absolute Gasteiger partial charge is 0.490 e. The molecule has 13 heteroatoms. The molecule has 2 heterocycles. The molecule has 228 valence electrons. The number of non-ortho nitro benzene ring substituents is 1. The van der Waals surface area contributed by atoms with Gasteiger partial charge in [-0.1, -0.05) is 18.2 Å². The molecule has 0 bridgehead atoms. The van der Waals surface area contributed by atoms with Crippen LogP contribution in [0.15, 0.2) is 71.6 Å². The van der Waals surface area contributed by atoms with E-state index in [-0.39, 0.29) is 17.2 Å². The summed E-state index contributed by atoms with van der Waals surface area (Å²) in [4.78, 5) is 52.4. The third kappa shape index (κ3) is 7.36. The highest BCUT2D eigenvalue weighted by molar-refractivity contribution is 8.18. The number of benzene rings is 3. The summed E-state index contributed by atoms with van der Waals surface area (Å²) in [7, 11) is 0. The molecule has 0 atom stereocenters. The van der Waals surface area contributed by atoms with E-state index >= 15 is 0 Å². The molecule has 44 heavy (non-hydrogen) atoms. The van der Waals surface area contributed by atoms with E-state index in [1.165, 1.54) is 12.1 Å². The van der Waals surface area contributed by atoms with Crippen LogP contribution in [0.1, 0.15) is 18.1 Å². The molecule has 0 spiro atoms. The van der Waals surface area contributed by atoms with Gasteiger partial charge in [0.1, 0.15) is 13.2 Å². The minimum atomic E-state index is -0.562. The van der Waals surface area contributed by atoms with Crippen LogP contribution in [0.4, 0.5) is 21.9 Å². The zero-order chi connectivity index (χ0) is 31.1. The summed E-state index contributed by atoms with van der Waals surface area (Å²) in [5.74, 6) is -0.166. The van der Waals surface area contributed by atoms with Gasteiger partial charge in [0.25, 0.3) is 16.8 Å². The van der Waals surface area contributed by atoms with E-state index in [0.29, 0.717) is 55.7 Å². The number of anilines is 2. The second-order valence-corrected chi connectivity index (χ2v) is 10.8. The van der Waals surface area contributed by atoms with E-state index < -0.39 is 28.5 Å². The first-order valence-electron chi connectivity index (χ1n) is 13.9. The number of thioether (sulfide) groups is 1. The van der Waals surface area contributed by atoms with Gasteiger partial charge in [0, 0.05) is 25.2 Å². The van der Waals surface area contributed by atoms with Gasteiger partial charge < -0.3 is 24.4 Å². The molecule has 12 nitrogen and oxygen atoms in total. The van der Waals surface area contributed by atoms with Gasteiger partial charge in [0.05, 0.1) is 41.0 Å². The average Bonchev–Trinajstić information content (AvgIpc) is 3.28. The monoisotopic (exact) mass is 618 g/mol. The molecular formula is C31H30N4O8S. The number of imide groups is 1. The van der Waals surface area contributed by atoms with E-state index in [1.54, 1.807) is 42.5 Å². The van der Waals surface area contributed by atoms with Crippen molar-refractivity contribution in [1.29, 1.82) is 0 Å². The Bertz CT molecular complexity index is 1590. The van der Waals surface area contributed by atoms with Gasteiger partial charge in [-0.2, -0.15) is 0 Å². The number of rotatable bonds is 11. The minimum Gasteiger partial charge on any atom is -0.490 e. The zero-order valence-electron chi connectivity index (χ0n) is 23.9. The maximum atomic E-state index is 13.1. The van der Waals surface area contributed by atoms with Gasteiger partial charge >= 0.3 is 0 Å². The van der Waals surface area contributed by atoms with Crippen molar-refractivity contribution in [2.45, 2.75) is 13.5 Å². The molecule has 3 aromatic carbocycles. The summed E-state index contributed by atoms with van der Waals surface area (Å²) in [6.45, 7) is 4.50. The summed E-state index contributed by atoms with van der Waals surface area (Å²) < 4.78 is 17.0. The fourth-order valence-electron chi connectivity index (χ4n) is 4.66. The average molecular weight is 619 g/mol. The van der Waals surface area contributed by atoms with Gasteiger partial charge in [-0.25, -0.2) is 0 Å². The van der Waals surface area contributed by atoms with E-state index in [1.807, 2.05) is 25.1 Å².